The third kappa shape index (κ3) is 5.91. The van der Waals surface area contributed by atoms with Gasteiger partial charge < -0.3 is 26.2 Å². The van der Waals surface area contributed by atoms with Crippen molar-refractivity contribution in [2.24, 2.45) is 5.73 Å². The largest absolute Gasteiger partial charge is 0.491 e. The molecule has 2 aromatic heterocycles. The summed E-state index contributed by atoms with van der Waals surface area (Å²) in [4.78, 5) is 4.86. The normalized spacial score (nSPS) is 13.7. The van der Waals surface area contributed by atoms with Crippen LogP contribution in [-0.4, -0.2) is 59.3 Å². The van der Waals surface area contributed by atoms with E-state index in [0.717, 1.165) is 28.0 Å². The van der Waals surface area contributed by atoms with Gasteiger partial charge >= 0.3 is 0 Å². The van der Waals surface area contributed by atoms with Gasteiger partial charge in [0.05, 0.1) is 17.3 Å². The van der Waals surface area contributed by atoms with Crippen LogP contribution in [0, 0.1) is 0 Å². The number of fused-ring (bicyclic) bond motifs is 1. The Hall–Kier alpha value is -2.68. The van der Waals surface area contributed by atoms with Gasteiger partial charge in [0, 0.05) is 36.9 Å². The monoisotopic (exact) mass is 414 g/mol. The first-order chi connectivity index (χ1) is 14.4. The lowest BCUT2D eigenvalue weighted by atomic mass is 10.1. The van der Waals surface area contributed by atoms with Crippen LogP contribution in [0.15, 0.2) is 42.8 Å². The van der Waals surface area contributed by atoms with Crippen molar-refractivity contribution in [1.82, 2.24) is 20.1 Å². The number of aliphatic hydroxyl groups is 1. The van der Waals surface area contributed by atoms with Crippen LogP contribution < -0.4 is 16.4 Å². The molecule has 0 bridgehead atoms. The lowest BCUT2D eigenvalue weighted by Gasteiger charge is -2.14. The zero-order chi connectivity index (χ0) is 22.1. The third-order valence-electron chi connectivity index (χ3n) is 4.50. The van der Waals surface area contributed by atoms with E-state index in [1.807, 2.05) is 36.0 Å². The van der Waals surface area contributed by atoms with Crippen LogP contribution in [0.2, 0.25) is 0 Å². The van der Waals surface area contributed by atoms with Gasteiger partial charge in [-0.1, -0.05) is 12.7 Å². The summed E-state index contributed by atoms with van der Waals surface area (Å²) in [5.74, 6) is 0.635. The van der Waals surface area contributed by atoms with Crippen LogP contribution >= 0.6 is 0 Å². The summed E-state index contributed by atoms with van der Waals surface area (Å²) >= 11 is 0. The molecule has 0 spiro atoms. The Morgan fingerprint density at radius 3 is 2.80 bits per heavy atom. The number of pyridine rings is 1. The molecule has 0 radical (unpaired) electrons. The predicted molar refractivity (Wildman–Crippen MR) is 123 cm³/mol. The van der Waals surface area contributed by atoms with E-state index in [9.17, 15) is 5.11 Å². The number of likely N-dealkylation sites (N-methyl/N-ethyl adjacent to an activating group) is 1. The molecule has 0 aliphatic carbocycles. The average molecular weight is 415 g/mol. The Morgan fingerprint density at radius 2 is 2.20 bits per heavy atom. The number of hydrogen-bond acceptors (Lipinski definition) is 7. The molecule has 0 amide bonds. The van der Waals surface area contributed by atoms with Crippen molar-refractivity contribution in [1.29, 1.82) is 0 Å². The topological polar surface area (TPSA) is 110 Å². The van der Waals surface area contributed by atoms with Crippen molar-refractivity contribution in [3.8, 4) is 0 Å². The van der Waals surface area contributed by atoms with E-state index in [-0.39, 0.29) is 12.6 Å². The average Bonchev–Trinajstić information content (AvgIpc) is 3.17. The minimum atomic E-state index is -0.590. The molecule has 2 heterocycles. The van der Waals surface area contributed by atoms with Crippen LogP contribution in [0.25, 0.3) is 16.6 Å². The van der Waals surface area contributed by atoms with E-state index < -0.39 is 6.10 Å². The third-order valence-corrected chi connectivity index (χ3v) is 4.50. The van der Waals surface area contributed by atoms with E-state index in [1.54, 1.807) is 13.1 Å². The first kappa shape index (κ1) is 23.6. The number of nitrogens with two attached hydrogens (primary N) is 1. The Labute approximate surface area is 178 Å². The maximum Gasteiger partial charge on any atom is 0.160 e. The molecule has 5 N–H and O–H groups in total. The smallest absolute Gasteiger partial charge is 0.160 e. The minimum absolute atomic E-state index is 0.173. The zero-order valence-electron chi connectivity index (χ0n) is 18.4. The molecule has 0 aliphatic heterocycles. The van der Waals surface area contributed by atoms with Crippen LogP contribution in [0.5, 0.6) is 0 Å². The first-order valence-corrected chi connectivity index (χ1v) is 10.2. The van der Waals surface area contributed by atoms with Gasteiger partial charge in [0.2, 0.25) is 0 Å². The molecule has 164 valence electrons. The molecule has 1 unspecified atom stereocenters. The summed E-state index contributed by atoms with van der Waals surface area (Å²) in [6.45, 7) is 11.8. The summed E-state index contributed by atoms with van der Waals surface area (Å²) in [5, 5.41) is 21.6. The number of nitrogens with zero attached hydrogens (tertiary/aromatic N) is 3. The molecular weight excluding hydrogens is 380 g/mol. The fraction of sp³-hybridized carbons (Fsp3) is 0.455. The highest BCUT2D eigenvalue weighted by molar-refractivity contribution is 5.92. The van der Waals surface area contributed by atoms with Gasteiger partial charge in [-0.2, -0.15) is 5.10 Å². The number of rotatable bonds is 12. The lowest BCUT2D eigenvalue weighted by molar-refractivity contribution is 0.0766. The maximum atomic E-state index is 9.90. The van der Waals surface area contributed by atoms with Crippen LogP contribution in [0.1, 0.15) is 32.5 Å². The molecule has 0 aromatic carbocycles. The van der Waals surface area contributed by atoms with Gasteiger partial charge in [-0.25, -0.2) is 9.67 Å². The molecule has 0 fully saturated rings. The summed E-state index contributed by atoms with van der Waals surface area (Å²) in [5.41, 5.74) is 8.96. The number of anilines is 1. The van der Waals surface area contributed by atoms with Crippen molar-refractivity contribution < 1.29 is 9.84 Å². The van der Waals surface area contributed by atoms with E-state index in [0.29, 0.717) is 25.4 Å². The number of allylic oxidation sites excluding steroid dienone is 4. The fourth-order valence-corrected chi connectivity index (χ4v) is 2.98. The Kier molecular flexibility index (Phi) is 9.04. The van der Waals surface area contributed by atoms with Gasteiger partial charge in [-0.3, -0.25) is 0 Å². The molecular formula is C22H34N6O2. The summed E-state index contributed by atoms with van der Waals surface area (Å²) in [7, 11) is 1.79. The van der Waals surface area contributed by atoms with Crippen LogP contribution in [0.3, 0.4) is 0 Å². The van der Waals surface area contributed by atoms with E-state index in [2.05, 4.69) is 36.2 Å². The highest BCUT2D eigenvalue weighted by Crippen LogP contribution is 2.28. The Morgan fingerprint density at radius 1 is 1.43 bits per heavy atom. The second kappa shape index (κ2) is 11.5. The number of aliphatic hydroxyl groups excluding tert-OH is 1. The van der Waals surface area contributed by atoms with Gasteiger partial charge in [-0.15, -0.1) is 0 Å². The van der Waals surface area contributed by atoms with Crippen molar-refractivity contribution in [2.45, 2.75) is 32.9 Å². The van der Waals surface area contributed by atoms with Gasteiger partial charge in [-0.05, 0) is 46.0 Å². The number of ether oxygens (including phenoxy) is 1. The van der Waals surface area contributed by atoms with Gasteiger partial charge in [0.1, 0.15) is 18.5 Å². The van der Waals surface area contributed by atoms with Crippen molar-refractivity contribution in [3.63, 3.8) is 0 Å². The van der Waals surface area contributed by atoms with Crippen molar-refractivity contribution in [2.75, 3.05) is 38.6 Å². The summed E-state index contributed by atoms with van der Waals surface area (Å²) in [6, 6.07) is 2.15. The SMILES string of the molecule is C=C/C(=C\C(=C/C)OCC(O)CNC)c1cc(NCCN)c2cnn(C(C)C)c2n1. The molecule has 8 nitrogen and oxygen atoms in total. The summed E-state index contributed by atoms with van der Waals surface area (Å²) < 4.78 is 7.66. The number of aromatic nitrogens is 3. The first-order valence-electron chi connectivity index (χ1n) is 10.2. The number of hydrogen-bond donors (Lipinski definition) is 4. The van der Waals surface area contributed by atoms with E-state index >= 15 is 0 Å². The second-order valence-electron chi connectivity index (χ2n) is 7.21. The van der Waals surface area contributed by atoms with Crippen molar-refractivity contribution >= 4 is 22.3 Å². The predicted octanol–water partition coefficient (Wildman–Crippen LogP) is 2.45. The molecule has 0 saturated carbocycles. The van der Waals surface area contributed by atoms with Crippen LogP contribution in [-0.2, 0) is 4.74 Å². The quantitative estimate of drug-likeness (QED) is 0.312. The highest BCUT2D eigenvalue weighted by atomic mass is 16.5. The minimum Gasteiger partial charge on any atom is -0.491 e. The fourth-order valence-electron chi connectivity index (χ4n) is 2.98. The Bertz CT molecular complexity index is 900. The maximum absolute atomic E-state index is 9.90. The van der Waals surface area contributed by atoms with Crippen molar-refractivity contribution in [3.05, 3.63) is 48.5 Å². The molecule has 1 atom stereocenters. The van der Waals surface area contributed by atoms with E-state index in [4.69, 9.17) is 15.5 Å². The molecule has 0 saturated heterocycles. The van der Waals surface area contributed by atoms with Gasteiger partial charge in [0.25, 0.3) is 0 Å². The molecule has 2 rings (SSSR count). The standard InChI is InChI=1S/C22H34N6O2/c1-6-16(10-18(7-2)30-14-17(29)12-24-5)20-11-21(25-9-8-23)19-13-26-28(15(3)4)22(19)27-20/h6-7,10-11,13,15,17,24,29H,1,8-9,12,14,23H2,2-5H3,(H,25,27)/b16-10+,18-7+. The highest BCUT2D eigenvalue weighted by Gasteiger charge is 2.15. The zero-order valence-corrected chi connectivity index (χ0v) is 18.4. The molecule has 0 aliphatic rings. The molecule has 30 heavy (non-hydrogen) atoms. The summed E-state index contributed by atoms with van der Waals surface area (Å²) in [6.07, 6.45) is 6.70. The molecule has 8 heteroatoms. The van der Waals surface area contributed by atoms with Crippen LogP contribution in [0.4, 0.5) is 5.69 Å². The number of nitrogens with one attached hydrogen (secondary N) is 2. The van der Waals surface area contributed by atoms with E-state index in [1.165, 1.54) is 0 Å². The Balaban J connectivity index is 2.44. The van der Waals surface area contributed by atoms with Gasteiger partial charge in [0.15, 0.2) is 5.65 Å². The molecule has 2 aromatic rings. The lowest BCUT2D eigenvalue weighted by Crippen LogP contribution is -2.27. The second-order valence-corrected chi connectivity index (χ2v) is 7.21.